The van der Waals surface area contributed by atoms with E-state index in [2.05, 4.69) is 9.97 Å². The molecule has 4 nitrogen and oxygen atoms in total. The topological polar surface area (TPSA) is 55.0 Å². The fourth-order valence-electron chi connectivity index (χ4n) is 0.819. The molecule has 0 radical (unpaired) electrons. The molecule has 1 atom stereocenters. The largest absolute Gasteiger partial charge is 0.382 e. The third kappa shape index (κ3) is 1.95. The zero-order valence-corrected chi connectivity index (χ0v) is 6.92. The van der Waals surface area contributed by atoms with Crippen LogP contribution in [-0.2, 0) is 0 Å². The Hall–Kier alpha value is -1.32. The zero-order valence-electron chi connectivity index (χ0n) is 20.9. The second kappa shape index (κ2) is 3.82. The fourth-order valence-corrected chi connectivity index (χ4v) is 0.819. The molecule has 0 spiro atoms. The van der Waals surface area contributed by atoms with E-state index in [0.29, 0.717) is 0 Å². The Balaban J connectivity index is 2.99. The van der Waals surface area contributed by atoms with E-state index in [1.165, 1.54) is 0 Å². The third-order valence-electron chi connectivity index (χ3n) is 1.34. The molecule has 0 aliphatic carbocycles. The van der Waals surface area contributed by atoms with Crippen molar-refractivity contribution in [2.24, 2.45) is 5.89 Å². The number of nitrogens with zero attached hydrogens (tertiary/aromatic N) is 3. The van der Waals surface area contributed by atoms with Gasteiger partial charge in [-0.1, -0.05) is 6.85 Å². The Morgan fingerprint density at radius 1 is 1.86 bits per heavy atom. The Kier molecular flexibility index (Phi) is 0.616. The van der Waals surface area contributed by atoms with Crippen LogP contribution in [0.4, 0.5) is 11.6 Å². The smallest absolute Gasteiger partial charge is 0.149 e. The number of anilines is 2. The van der Waals surface area contributed by atoms with E-state index < -0.39 is 62.5 Å². The van der Waals surface area contributed by atoms with Crippen molar-refractivity contribution in [2.45, 2.75) is 19.6 Å². The predicted molar refractivity (Wildman–Crippen MR) is 57.1 cm³/mol. The normalized spacial score (nSPS) is 57.6. The highest BCUT2D eigenvalue weighted by Crippen LogP contribution is 2.20. The van der Waals surface area contributed by atoms with Crippen molar-refractivity contribution < 1.29 is 19.2 Å². The maximum absolute atomic E-state index is 8.22. The quantitative estimate of drug-likeness (QED) is 0.752. The van der Waals surface area contributed by atoms with Gasteiger partial charge in [-0.2, -0.15) is 0 Å². The molecule has 0 saturated carbocycles. The summed E-state index contributed by atoms with van der Waals surface area (Å²) < 4.78 is 110. The maximum Gasteiger partial charge on any atom is 0.149 e. The standard InChI is InChI=1S/C10H16N4/c1-8-3-2-4-14(7-8)10-6-12-5-9(11)13-10/h5-6,8H,2-4,7H2,1H3,(H2,11,13)/i1D3,2D2,3D2,4D2,5D,6D,7D2,8D. The lowest BCUT2D eigenvalue weighted by molar-refractivity contribution is 0.444. The molecule has 1 aliphatic heterocycles. The van der Waals surface area contributed by atoms with E-state index in [-0.39, 0.29) is 4.90 Å². The van der Waals surface area contributed by atoms with Crippen LogP contribution in [0.1, 0.15) is 38.8 Å². The van der Waals surface area contributed by atoms with Gasteiger partial charge in [0.2, 0.25) is 0 Å². The summed E-state index contributed by atoms with van der Waals surface area (Å²) >= 11 is 0. The highest BCUT2D eigenvalue weighted by atomic mass is 15.2. The van der Waals surface area contributed by atoms with Crippen LogP contribution in [0.3, 0.4) is 0 Å². The van der Waals surface area contributed by atoms with E-state index in [4.69, 9.17) is 24.9 Å². The van der Waals surface area contributed by atoms with Crippen LogP contribution in [0.25, 0.3) is 0 Å². The Morgan fingerprint density at radius 2 is 2.79 bits per heavy atom. The van der Waals surface area contributed by atoms with Gasteiger partial charge in [-0.3, -0.25) is 4.98 Å². The molecule has 1 aromatic rings. The molecule has 2 rings (SSSR count). The maximum atomic E-state index is 8.22. The van der Waals surface area contributed by atoms with E-state index >= 15 is 0 Å². The predicted octanol–water partition coefficient (Wildman–Crippen LogP) is 1.30. The fraction of sp³-hybridized carbons (Fsp3) is 0.600. The molecule has 0 amide bonds. The Morgan fingerprint density at radius 3 is 3.64 bits per heavy atom. The van der Waals surface area contributed by atoms with Gasteiger partial charge in [0, 0.05) is 29.4 Å². The average molecular weight is 206 g/mol. The molecular formula is C10H16N4. The lowest BCUT2D eigenvalue weighted by Gasteiger charge is -2.31. The summed E-state index contributed by atoms with van der Waals surface area (Å²) in [6.45, 7) is -11.1. The minimum Gasteiger partial charge on any atom is -0.382 e. The first-order valence-corrected chi connectivity index (χ1v) is 3.60. The third-order valence-corrected chi connectivity index (χ3v) is 1.34. The summed E-state index contributed by atoms with van der Waals surface area (Å²) in [4.78, 5) is 6.57. The number of nitrogen functional groups attached to an aromatic ring is 1. The Labute approximate surface area is 104 Å². The van der Waals surface area contributed by atoms with Crippen molar-refractivity contribution in [3.05, 3.63) is 12.3 Å². The van der Waals surface area contributed by atoms with Crippen LogP contribution >= 0.6 is 0 Å². The van der Waals surface area contributed by atoms with Gasteiger partial charge in [0.05, 0.1) is 15.1 Å². The first-order chi connectivity index (χ1) is 12.2. The highest BCUT2D eigenvalue weighted by molar-refractivity contribution is 5.41. The van der Waals surface area contributed by atoms with Crippen molar-refractivity contribution in [1.29, 1.82) is 0 Å². The molecule has 1 unspecified atom stereocenters. The number of aromatic nitrogens is 2. The number of rotatable bonds is 1. The van der Waals surface area contributed by atoms with E-state index in [1.807, 2.05) is 0 Å². The van der Waals surface area contributed by atoms with E-state index in [0.717, 1.165) is 0 Å². The minimum atomic E-state index is -3.86. The summed E-state index contributed by atoms with van der Waals surface area (Å²) in [6.07, 6.45) is -9.36. The van der Waals surface area contributed by atoms with Crippen LogP contribution in [0.15, 0.2) is 12.3 Å². The van der Waals surface area contributed by atoms with Crippen molar-refractivity contribution in [1.82, 2.24) is 9.97 Å². The van der Waals surface area contributed by atoms with Crippen LogP contribution in [0, 0.1) is 5.89 Å². The van der Waals surface area contributed by atoms with Crippen LogP contribution in [0.5, 0.6) is 0 Å². The van der Waals surface area contributed by atoms with Crippen LogP contribution in [0.2, 0.25) is 0 Å². The van der Waals surface area contributed by atoms with Gasteiger partial charge in [0.1, 0.15) is 11.6 Å². The van der Waals surface area contributed by atoms with Gasteiger partial charge in [0.25, 0.3) is 0 Å². The molecule has 0 aromatic carbocycles. The van der Waals surface area contributed by atoms with Gasteiger partial charge in [0.15, 0.2) is 0 Å². The van der Waals surface area contributed by atoms with Crippen LogP contribution in [-0.4, -0.2) is 23.0 Å². The summed E-state index contributed by atoms with van der Waals surface area (Å²) in [6, 6.07) is 0. The van der Waals surface area contributed by atoms with Gasteiger partial charge >= 0.3 is 0 Å². The summed E-state index contributed by atoms with van der Waals surface area (Å²) in [5, 5.41) is 0. The molecule has 1 aliphatic rings. The second-order valence-corrected chi connectivity index (χ2v) is 2.34. The lowest BCUT2D eigenvalue weighted by atomic mass is 10.0. The number of nitrogens with two attached hydrogens (primary N) is 1. The number of hydrogen-bond donors (Lipinski definition) is 1. The molecule has 14 heavy (non-hydrogen) atoms. The van der Waals surface area contributed by atoms with E-state index in [9.17, 15) is 0 Å². The minimum absolute atomic E-state index is 0.230. The van der Waals surface area contributed by atoms with Crippen molar-refractivity contribution in [3.63, 3.8) is 0 Å². The van der Waals surface area contributed by atoms with Crippen molar-refractivity contribution >= 4 is 11.6 Å². The van der Waals surface area contributed by atoms with Crippen molar-refractivity contribution in [3.8, 4) is 0 Å². The average Bonchev–Trinajstić information content (AvgIpc) is 2.48. The molecule has 1 saturated heterocycles. The zero-order chi connectivity index (χ0) is 22.3. The summed E-state index contributed by atoms with van der Waals surface area (Å²) in [5.41, 5.74) is 5.41. The second-order valence-electron chi connectivity index (χ2n) is 2.34. The van der Waals surface area contributed by atoms with Gasteiger partial charge in [-0.05, 0) is 18.6 Å². The molecule has 76 valence electrons. The van der Waals surface area contributed by atoms with Gasteiger partial charge in [-0.15, -0.1) is 0 Å². The first kappa shape index (κ1) is 2.26. The molecule has 2 N–H and O–H groups in total. The van der Waals surface area contributed by atoms with Crippen LogP contribution < -0.4 is 10.6 Å². The molecule has 0 bridgehead atoms. The molecule has 1 fully saturated rings. The summed E-state index contributed by atoms with van der Waals surface area (Å²) in [7, 11) is 0. The number of hydrogen-bond acceptors (Lipinski definition) is 4. The lowest BCUT2D eigenvalue weighted by Crippen LogP contribution is -2.34. The molecule has 2 heterocycles. The van der Waals surface area contributed by atoms with Crippen molar-refractivity contribution in [2.75, 3.05) is 23.6 Å². The molecular weight excluding hydrogens is 176 g/mol. The van der Waals surface area contributed by atoms with Gasteiger partial charge < -0.3 is 10.6 Å². The Bertz CT molecular complexity index is 804. The van der Waals surface area contributed by atoms with E-state index in [1.54, 1.807) is 0 Å². The molecule has 4 heteroatoms. The number of piperidine rings is 1. The van der Waals surface area contributed by atoms with Gasteiger partial charge in [-0.25, -0.2) is 4.98 Å². The monoisotopic (exact) mass is 206 g/mol. The first-order valence-electron chi connectivity index (χ1n) is 10.6. The highest BCUT2D eigenvalue weighted by Gasteiger charge is 2.17. The SMILES string of the molecule is [2H]c1nc([2H])c(N2C([2H])([2H])C([2H])([2H])C([2H])([2H])C([2H])(C([2H])([2H])[2H])C2([2H])[2H])nc1N. The molecule has 1 aromatic heterocycles. The summed E-state index contributed by atoms with van der Waals surface area (Å²) in [5.74, 6) is -5.61.